The van der Waals surface area contributed by atoms with E-state index in [9.17, 15) is 4.79 Å². The van der Waals surface area contributed by atoms with E-state index in [-0.39, 0.29) is 12.1 Å². The van der Waals surface area contributed by atoms with Crippen molar-refractivity contribution in [1.82, 2.24) is 24.7 Å². The monoisotopic (exact) mass is 357 g/mol. The van der Waals surface area contributed by atoms with Crippen LogP contribution in [0.15, 0.2) is 43.0 Å². The van der Waals surface area contributed by atoms with Gasteiger partial charge in [-0.15, -0.1) is 0 Å². The van der Waals surface area contributed by atoms with Gasteiger partial charge in [-0.05, 0) is 13.0 Å². The van der Waals surface area contributed by atoms with Gasteiger partial charge in [0.2, 0.25) is 0 Å². The number of piperazine rings is 1. The quantitative estimate of drug-likeness (QED) is 0.859. The number of hydrogen-bond donors (Lipinski definition) is 1. The Morgan fingerprint density at radius 3 is 2.73 bits per heavy atom. The van der Waals surface area contributed by atoms with E-state index in [1.54, 1.807) is 19.6 Å². The van der Waals surface area contributed by atoms with Crippen LogP contribution < -0.4 is 10.1 Å². The molecule has 1 aliphatic rings. The molecular formula is C19H27N5O2. The Morgan fingerprint density at radius 1 is 1.27 bits per heavy atom. The van der Waals surface area contributed by atoms with Gasteiger partial charge in [0.05, 0.1) is 13.4 Å². The summed E-state index contributed by atoms with van der Waals surface area (Å²) >= 11 is 0. The third-order valence-corrected chi connectivity index (χ3v) is 4.83. The fourth-order valence-electron chi connectivity index (χ4n) is 3.17. The summed E-state index contributed by atoms with van der Waals surface area (Å²) in [6.07, 6.45) is 5.43. The lowest BCUT2D eigenvalue weighted by Crippen LogP contribution is -2.52. The predicted octanol–water partition coefficient (Wildman–Crippen LogP) is 1.98. The van der Waals surface area contributed by atoms with Gasteiger partial charge in [-0.2, -0.15) is 0 Å². The molecule has 0 saturated carbocycles. The molecule has 0 spiro atoms. The molecule has 3 rings (SSSR count). The molecule has 26 heavy (non-hydrogen) atoms. The number of para-hydroxylation sites is 1. The van der Waals surface area contributed by atoms with Crippen LogP contribution in [0.25, 0.3) is 0 Å². The smallest absolute Gasteiger partial charge is 0.317 e. The minimum Gasteiger partial charge on any atom is -0.496 e. The highest BCUT2D eigenvalue weighted by Crippen LogP contribution is 2.20. The third-order valence-electron chi connectivity index (χ3n) is 4.83. The van der Waals surface area contributed by atoms with E-state index in [1.165, 1.54) is 5.56 Å². The van der Waals surface area contributed by atoms with E-state index in [1.807, 2.05) is 33.9 Å². The Morgan fingerprint density at radius 2 is 2.04 bits per heavy atom. The van der Waals surface area contributed by atoms with Crippen LogP contribution in [0.5, 0.6) is 5.75 Å². The van der Waals surface area contributed by atoms with Crippen molar-refractivity contribution in [3.05, 3.63) is 48.5 Å². The van der Waals surface area contributed by atoms with Gasteiger partial charge >= 0.3 is 6.03 Å². The molecule has 1 aromatic carbocycles. The molecule has 1 aliphatic heterocycles. The summed E-state index contributed by atoms with van der Waals surface area (Å²) in [7, 11) is 1.70. The number of aromatic nitrogens is 2. The highest BCUT2D eigenvalue weighted by atomic mass is 16.5. The van der Waals surface area contributed by atoms with Crippen LogP contribution in [0, 0.1) is 0 Å². The number of carbonyl (C=O) groups is 1. The van der Waals surface area contributed by atoms with Crippen molar-refractivity contribution in [3.8, 4) is 5.75 Å². The largest absolute Gasteiger partial charge is 0.496 e. The van der Waals surface area contributed by atoms with Crippen molar-refractivity contribution in [1.29, 1.82) is 0 Å². The molecule has 2 aromatic rings. The average molecular weight is 357 g/mol. The molecule has 1 atom stereocenters. The number of nitrogens with zero attached hydrogens (tertiary/aromatic N) is 4. The molecule has 1 fully saturated rings. The van der Waals surface area contributed by atoms with Crippen molar-refractivity contribution in [2.24, 2.45) is 0 Å². The zero-order chi connectivity index (χ0) is 18.4. The molecule has 1 aromatic heterocycles. The zero-order valence-corrected chi connectivity index (χ0v) is 15.5. The number of urea groups is 1. The number of rotatable bonds is 6. The Kier molecular flexibility index (Phi) is 6.12. The first kappa shape index (κ1) is 18.3. The Bertz CT molecular complexity index is 696. The Hall–Kier alpha value is -2.54. The SMILES string of the molecule is COc1ccccc1CN1CCN(C(=O)NC[C@@H](C)n2ccnc2)CC1. The first-order valence-electron chi connectivity index (χ1n) is 9.02. The fraction of sp³-hybridized carbons (Fsp3) is 0.474. The van der Waals surface area contributed by atoms with Crippen molar-refractivity contribution < 1.29 is 9.53 Å². The summed E-state index contributed by atoms with van der Waals surface area (Å²) < 4.78 is 7.42. The van der Waals surface area contributed by atoms with Gasteiger partial charge in [0, 0.05) is 63.3 Å². The normalized spacial score (nSPS) is 16.3. The topological polar surface area (TPSA) is 62.6 Å². The lowest BCUT2D eigenvalue weighted by molar-refractivity contribution is 0.134. The summed E-state index contributed by atoms with van der Waals surface area (Å²) in [6, 6.07) is 8.29. The Balaban J connectivity index is 1.43. The van der Waals surface area contributed by atoms with Gasteiger partial charge < -0.3 is 19.5 Å². The number of imidazole rings is 1. The summed E-state index contributed by atoms with van der Waals surface area (Å²) in [5.74, 6) is 0.918. The molecule has 1 saturated heterocycles. The molecular weight excluding hydrogens is 330 g/mol. The fourth-order valence-corrected chi connectivity index (χ4v) is 3.17. The minimum atomic E-state index is 0.00825. The molecule has 2 amide bonds. The third kappa shape index (κ3) is 4.54. The van der Waals surface area contributed by atoms with E-state index in [2.05, 4.69) is 28.2 Å². The molecule has 1 N–H and O–H groups in total. The summed E-state index contributed by atoms with van der Waals surface area (Å²) in [5, 5.41) is 3.02. The second kappa shape index (κ2) is 8.71. The van der Waals surface area contributed by atoms with Gasteiger partial charge in [-0.1, -0.05) is 18.2 Å². The van der Waals surface area contributed by atoms with Crippen LogP contribution in [0.2, 0.25) is 0 Å². The van der Waals surface area contributed by atoms with Gasteiger partial charge in [0.1, 0.15) is 5.75 Å². The molecule has 7 heteroatoms. The van der Waals surface area contributed by atoms with E-state index in [0.29, 0.717) is 6.54 Å². The molecule has 140 valence electrons. The lowest BCUT2D eigenvalue weighted by Gasteiger charge is -2.35. The average Bonchev–Trinajstić information content (AvgIpc) is 3.22. The van der Waals surface area contributed by atoms with Crippen molar-refractivity contribution >= 4 is 6.03 Å². The van der Waals surface area contributed by atoms with E-state index < -0.39 is 0 Å². The summed E-state index contributed by atoms with van der Waals surface area (Å²) in [4.78, 5) is 20.7. The molecule has 0 unspecified atom stereocenters. The number of amides is 2. The van der Waals surface area contributed by atoms with E-state index in [0.717, 1.165) is 38.5 Å². The Labute approximate surface area is 154 Å². The second-order valence-electron chi connectivity index (χ2n) is 6.62. The van der Waals surface area contributed by atoms with Crippen LogP contribution in [0.1, 0.15) is 18.5 Å². The number of methoxy groups -OCH3 is 1. The number of ether oxygens (including phenoxy) is 1. The maximum atomic E-state index is 12.4. The summed E-state index contributed by atoms with van der Waals surface area (Å²) in [6.45, 7) is 6.70. The first-order chi connectivity index (χ1) is 12.7. The summed E-state index contributed by atoms with van der Waals surface area (Å²) in [5.41, 5.74) is 1.18. The molecule has 7 nitrogen and oxygen atoms in total. The molecule has 0 aliphatic carbocycles. The van der Waals surface area contributed by atoms with Gasteiger partial charge in [-0.3, -0.25) is 4.90 Å². The van der Waals surface area contributed by atoms with Gasteiger partial charge in [0.15, 0.2) is 0 Å². The second-order valence-corrected chi connectivity index (χ2v) is 6.62. The maximum absolute atomic E-state index is 12.4. The maximum Gasteiger partial charge on any atom is 0.317 e. The van der Waals surface area contributed by atoms with E-state index in [4.69, 9.17) is 4.74 Å². The standard InChI is InChI=1S/C19H27N5O2/c1-16(24-8-7-20-15-24)13-21-19(25)23-11-9-22(10-12-23)14-17-5-3-4-6-18(17)26-2/h3-8,15-16H,9-14H2,1-2H3,(H,21,25)/t16-/m1/s1. The van der Waals surface area contributed by atoms with Crippen LogP contribution in [0.3, 0.4) is 0 Å². The van der Waals surface area contributed by atoms with Gasteiger partial charge in [-0.25, -0.2) is 9.78 Å². The van der Waals surface area contributed by atoms with Crippen LogP contribution >= 0.6 is 0 Å². The lowest BCUT2D eigenvalue weighted by atomic mass is 10.1. The number of benzene rings is 1. The number of nitrogens with one attached hydrogen (secondary N) is 1. The van der Waals surface area contributed by atoms with Crippen LogP contribution in [-0.4, -0.2) is 65.2 Å². The first-order valence-corrected chi connectivity index (χ1v) is 9.02. The minimum absolute atomic E-state index is 0.00825. The predicted molar refractivity (Wildman–Crippen MR) is 100 cm³/mol. The van der Waals surface area contributed by atoms with Crippen LogP contribution in [0.4, 0.5) is 4.79 Å². The van der Waals surface area contributed by atoms with E-state index >= 15 is 0 Å². The van der Waals surface area contributed by atoms with Crippen molar-refractivity contribution in [2.45, 2.75) is 19.5 Å². The molecule has 2 heterocycles. The highest BCUT2D eigenvalue weighted by Gasteiger charge is 2.22. The number of hydrogen-bond acceptors (Lipinski definition) is 4. The highest BCUT2D eigenvalue weighted by molar-refractivity contribution is 5.74. The van der Waals surface area contributed by atoms with Crippen molar-refractivity contribution in [3.63, 3.8) is 0 Å². The van der Waals surface area contributed by atoms with Crippen molar-refractivity contribution in [2.75, 3.05) is 39.8 Å². The number of carbonyl (C=O) groups excluding carboxylic acids is 1. The molecule has 0 bridgehead atoms. The van der Waals surface area contributed by atoms with Gasteiger partial charge in [0.25, 0.3) is 0 Å². The van der Waals surface area contributed by atoms with Crippen LogP contribution in [-0.2, 0) is 6.54 Å². The molecule has 0 radical (unpaired) electrons. The zero-order valence-electron chi connectivity index (χ0n) is 15.5.